The van der Waals surface area contributed by atoms with Crippen LogP contribution in [-0.2, 0) is 6.54 Å². The third-order valence-electron chi connectivity index (χ3n) is 2.38. The van der Waals surface area contributed by atoms with E-state index in [9.17, 15) is 4.39 Å². The predicted octanol–water partition coefficient (Wildman–Crippen LogP) is 2.84. The molecular weight excluding hydrogens is 219 g/mol. The van der Waals surface area contributed by atoms with Gasteiger partial charge in [-0.25, -0.2) is 9.37 Å². The van der Waals surface area contributed by atoms with Gasteiger partial charge in [-0.15, -0.1) is 0 Å². The largest absolute Gasteiger partial charge is 0.481 e. The summed E-state index contributed by atoms with van der Waals surface area (Å²) in [5, 5.41) is 3.12. The molecule has 1 aromatic heterocycles. The Labute approximate surface area is 99.3 Å². The van der Waals surface area contributed by atoms with Crippen molar-refractivity contribution in [1.82, 2.24) is 4.98 Å². The van der Waals surface area contributed by atoms with Crippen LogP contribution in [0.2, 0.25) is 0 Å². The van der Waals surface area contributed by atoms with E-state index in [1.165, 1.54) is 6.07 Å². The Morgan fingerprint density at radius 1 is 1.29 bits per heavy atom. The third kappa shape index (κ3) is 2.93. The number of pyridine rings is 1. The van der Waals surface area contributed by atoms with Crippen LogP contribution in [0.3, 0.4) is 0 Å². The van der Waals surface area contributed by atoms with Crippen LogP contribution in [0.1, 0.15) is 5.56 Å². The van der Waals surface area contributed by atoms with E-state index in [0.29, 0.717) is 18.0 Å². The molecule has 0 saturated heterocycles. The summed E-state index contributed by atoms with van der Waals surface area (Å²) in [4.78, 5) is 3.99. The van der Waals surface area contributed by atoms with E-state index in [1.54, 1.807) is 31.5 Å². The van der Waals surface area contributed by atoms with Crippen molar-refractivity contribution in [1.29, 1.82) is 0 Å². The molecule has 1 N–H and O–H groups in total. The molecule has 0 fully saturated rings. The molecule has 0 aliphatic carbocycles. The van der Waals surface area contributed by atoms with Crippen molar-refractivity contribution >= 4 is 5.69 Å². The van der Waals surface area contributed by atoms with Gasteiger partial charge in [-0.2, -0.15) is 0 Å². The van der Waals surface area contributed by atoms with E-state index >= 15 is 0 Å². The normalized spacial score (nSPS) is 10.0. The molecule has 17 heavy (non-hydrogen) atoms. The summed E-state index contributed by atoms with van der Waals surface area (Å²) in [7, 11) is 1.56. The second-order valence-electron chi connectivity index (χ2n) is 3.53. The molecular formula is C13H13FN2O. The van der Waals surface area contributed by atoms with Gasteiger partial charge in [0.05, 0.1) is 7.11 Å². The number of hydrogen-bond acceptors (Lipinski definition) is 3. The average Bonchev–Trinajstić information content (AvgIpc) is 2.38. The second-order valence-corrected chi connectivity index (χ2v) is 3.53. The van der Waals surface area contributed by atoms with E-state index in [1.807, 2.05) is 12.1 Å². The molecule has 1 heterocycles. The predicted molar refractivity (Wildman–Crippen MR) is 64.5 cm³/mol. The highest BCUT2D eigenvalue weighted by molar-refractivity contribution is 5.45. The van der Waals surface area contributed by atoms with E-state index in [4.69, 9.17) is 4.74 Å². The lowest BCUT2D eigenvalue weighted by molar-refractivity contribution is 0.398. The molecule has 0 aliphatic heterocycles. The maximum absolute atomic E-state index is 13.4. The molecule has 0 bridgehead atoms. The summed E-state index contributed by atoms with van der Waals surface area (Å²) in [6.07, 6.45) is 1.64. The molecule has 3 nitrogen and oxygen atoms in total. The van der Waals surface area contributed by atoms with Gasteiger partial charge in [0.15, 0.2) is 0 Å². The van der Waals surface area contributed by atoms with Crippen molar-refractivity contribution in [2.45, 2.75) is 6.54 Å². The van der Waals surface area contributed by atoms with Gasteiger partial charge in [0.2, 0.25) is 5.88 Å². The number of benzene rings is 1. The molecule has 2 aromatic rings. The lowest BCUT2D eigenvalue weighted by Gasteiger charge is -2.08. The summed E-state index contributed by atoms with van der Waals surface area (Å²) in [5.74, 6) is 0.324. The summed E-state index contributed by atoms with van der Waals surface area (Å²) < 4.78 is 18.4. The lowest BCUT2D eigenvalue weighted by Crippen LogP contribution is -2.02. The van der Waals surface area contributed by atoms with Crippen molar-refractivity contribution in [3.8, 4) is 5.88 Å². The fourth-order valence-electron chi connectivity index (χ4n) is 1.47. The smallest absolute Gasteiger partial charge is 0.214 e. The maximum Gasteiger partial charge on any atom is 0.214 e. The first-order valence-electron chi connectivity index (χ1n) is 5.27. The average molecular weight is 232 g/mol. The fourth-order valence-corrected chi connectivity index (χ4v) is 1.47. The number of anilines is 1. The highest BCUT2D eigenvalue weighted by atomic mass is 19.1. The highest BCUT2D eigenvalue weighted by Gasteiger charge is 2.01. The minimum Gasteiger partial charge on any atom is -0.481 e. The van der Waals surface area contributed by atoms with E-state index in [2.05, 4.69) is 10.3 Å². The fraction of sp³-hybridized carbons (Fsp3) is 0.154. The van der Waals surface area contributed by atoms with Crippen LogP contribution < -0.4 is 10.1 Å². The van der Waals surface area contributed by atoms with Crippen LogP contribution in [0.25, 0.3) is 0 Å². The number of hydrogen-bond donors (Lipinski definition) is 1. The molecule has 0 unspecified atom stereocenters. The van der Waals surface area contributed by atoms with E-state index < -0.39 is 0 Å². The van der Waals surface area contributed by atoms with Gasteiger partial charge >= 0.3 is 0 Å². The lowest BCUT2D eigenvalue weighted by atomic mass is 10.2. The van der Waals surface area contributed by atoms with Crippen molar-refractivity contribution in [2.24, 2.45) is 0 Å². The minimum absolute atomic E-state index is 0.207. The molecule has 0 radical (unpaired) electrons. The minimum atomic E-state index is -0.207. The molecule has 1 aromatic carbocycles. The highest BCUT2D eigenvalue weighted by Crippen LogP contribution is 2.15. The molecule has 0 saturated carbocycles. The Balaban J connectivity index is 2.05. The zero-order valence-corrected chi connectivity index (χ0v) is 9.48. The first-order chi connectivity index (χ1) is 8.29. The van der Waals surface area contributed by atoms with Crippen LogP contribution in [-0.4, -0.2) is 12.1 Å². The van der Waals surface area contributed by atoms with Crippen LogP contribution in [0.15, 0.2) is 42.6 Å². The van der Waals surface area contributed by atoms with E-state index in [-0.39, 0.29) is 5.82 Å². The summed E-state index contributed by atoms with van der Waals surface area (Å²) in [5.41, 5.74) is 1.48. The number of nitrogens with one attached hydrogen (secondary N) is 1. The summed E-state index contributed by atoms with van der Waals surface area (Å²) in [6, 6.07) is 10.3. The number of nitrogens with zero attached hydrogens (tertiary/aromatic N) is 1. The Bertz CT molecular complexity index is 502. The van der Waals surface area contributed by atoms with Gasteiger partial charge in [0.25, 0.3) is 0 Å². The first kappa shape index (κ1) is 11.4. The molecule has 4 heteroatoms. The third-order valence-corrected chi connectivity index (χ3v) is 2.38. The molecule has 2 rings (SSSR count). The Kier molecular flexibility index (Phi) is 3.55. The summed E-state index contributed by atoms with van der Waals surface area (Å²) >= 11 is 0. The van der Waals surface area contributed by atoms with Crippen molar-refractivity contribution in [2.75, 3.05) is 12.4 Å². The second kappa shape index (κ2) is 5.30. The first-order valence-corrected chi connectivity index (χ1v) is 5.27. The van der Waals surface area contributed by atoms with Crippen LogP contribution in [0.5, 0.6) is 5.88 Å². The van der Waals surface area contributed by atoms with Gasteiger partial charge in [-0.05, 0) is 12.1 Å². The van der Waals surface area contributed by atoms with Gasteiger partial charge in [0, 0.05) is 30.1 Å². The van der Waals surface area contributed by atoms with Crippen molar-refractivity contribution < 1.29 is 9.13 Å². The quantitative estimate of drug-likeness (QED) is 0.880. The summed E-state index contributed by atoms with van der Waals surface area (Å²) in [6.45, 7) is 0.430. The zero-order valence-electron chi connectivity index (χ0n) is 9.48. The van der Waals surface area contributed by atoms with Crippen molar-refractivity contribution in [3.63, 3.8) is 0 Å². The Hall–Kier alpha value is -2.10. The van der Waals surface area contributed by atoms with Gasteiger partial charge in [0.1, 0.15) is 5.82 Å². The number of halogens is 1. The van der Waals surface area contributed by atoms with Crippen molar-refractivity contribution in [3.05, 3.63) is 54.0 Å². The topological polar surface area (TPSA) is 34.1 Å². The zero-order chi connectivity index (χ0) is 12.1. The van der Waals surface area contributed by atoms with Crippen LogP contribution in [0, 0.1) is 5.82 Å². The van der Waals surface area contributed by atoms with Crippen LogP contribution >= 0.6 is 0 Å². The van der Waals surface area contributed by atoms with Gasteiger partial charge < -0.3 is 10.1 Å². The van der Waals surface area contributed by atoms with Gasteiger partial charge in [-0.3, -0.25) is 0 Å². The van der Waals surface area contributed by atoms with Gasteiger partial charge in [-0.1, -0.05) is 18.2 Å². The Morgan fingerprint density at radius 2 is 2.12 bits per heavy atom. The number of aromatic nitrogens is 1. The molecule has 0 amide bonds. The Morgan fingerprint density at radius 3 is 2.88 bits per heavy atom. The number of rotatable bonds is 4. The number of ether oxygens (including phenoxy) is 1. The van der Waals surface area contributed by atoms with Crippen LogP contribution in [0.4, 0.5) is 10.1 Å². The SMILES string of the molecule is COc1cc(NCc2ccccc2F)ccn1. The molecule has 0 aliphatic rings. The molecule has 88 valence electrons. The standard InChI is InChI=1S/C13H13FN2O/c1-17-13-8-11(6-7-15-13)16-9-10-4-2-3-5-12(10)14/h2-8H,9H2,1H3,(H,15,16). The maximum atomic E-state index is 13.4. The monoisotopic (exact) mass is 232 g/mol. The molecule has 0 atom stereocenters. The molecule has 0 spiro atoms. The van der Waals surface area contributed by atoms with E-state index in [0.717, 1.165) is 5.69 Å². The number of methoxy groups -OCH3 is 1.